The Balaban J connectivity index is 2.00. The van der Waals surface area contributed by atoms with Gasteiger partial charge >= 0.3 is 0 Å². The molecule has 0 saturated carbocycles. The van der Waals surface area contributed by atoms with Crippen LogP contribution in [0.15, 0.2) is 0 Å². The molecule has 0 amide bonds. The van der Waals surface area contributed by atoms with Gasteiger partial charge in [-0.05, 0) is 68.4 Å². The van der Waals surface area contributed by atoms with E-state index in [0.717, 1.165) is 12.5 Å². The molecule has 0 aliphatic carbocycles. The molecule has 2 heterocycles. The van der Waals surface area contributed by atoms with Crippen molar-refractivity contribution >= 4 is 23.5 Å². The highest BCUT2D eigenvalue weighted by Gasteiger charge is 2.36. The van der Waals surface area contributed by atoms with Gasteiger partial charge in [-0.25, -0.2) is 5.32 Å². The first-order valence-corrected chi connectivity index (χ1v) is 11.2. The van der Waals surface area contributed by atoms with Gasteiger partial charge in [0, 0.05) is 6.54 Å². The number of hydrogen-bond acceptors (Lipinski definition) is 3. The van der Waals surface area contributed by atoms with Crippen molar-refractivity contribution in [1.82, 2.24) is 10.2 Å². The van der Waals surface area contributed by atoms with Crippen LogP contribution in [0.4, 0.5) is 0 Å². The van der Waals surface area contributed by atoms with E-state index < -0.39 is 0 Å². The topological polar surface area (TPSA) is 17.3 Å². The lowest BCUT2D eigenvalue weighted by atomic mass is 9.91. The summed E-state index contributed by atoms with van der Waals surface area (Å²) in [7, 11) is 0. The van der Waals surface area contributed by atoms with E-state index in [1.54, 1.807) is 0 Å². The summed E-state index contributed by atoms with van der Waals surface area (Å²) in [5, 5.41) is 5.78. The third-order valence-electron chi connectivity index (χ3n) is 4.63. The number of rotatable bonds is 8. The first-order chi connectivity index (χ1) is 10.4. The number of nitrogens with zero attached hydrogens (tertiary/aromatic N) is 2. The summed E-state index contributed by atoms with van der Waals surface area (Å²) < 4.78 is 0. The minimum absolute atomic E-state index is 0.590. The Labute approximate surface area is 140 Å². The second kappa shape index (κ2) is 10.4. The second-order valence-corrected chi connectivity index (χ2v) is 8.86. The molecule has 4 heteroatoms. The Morgan fingerprint density at radius 2 is 1.95 bits per heavy atom. The molecule has 2 aliphatic rings. The number of thioether (sulfide) groups is 2. The van der Waals surface area contributed by atoms with Crippen molar-refractivity contribution in [2.45, 2.75) is 63.8 Å². The molecule has 0 bridgehead atoms. The Hall–Kier alpha value is 0.620. The molecule has 0 spiro atoms. The Morgan fingerprint density at radius 1 is 1.14 bits per heavy atom. The van der Waals surface area contributed by atoms with Gasteiger partial charge in [0.2, 0.25) is 0 Å². The fraction of sp³-hybridized carbons (Fsp3) is 1.00. The first kappa shape index (κ1) is 18.0. The van der Waals surface area contributed by atoms with E-state index in [9.17, 15) is 0 Å². The second-order valence-electron chi connectivity index (χ2n) is 6.32. The van der Waals surface area contributed by atoms with Gasteiger partial charge in [0.25, 0.3) is 0 Å². The quantitative estimate of drug-likeness (QED) is 0.668. The Morgan fingerprint density at radius 3 is 2.67 bits per heavy atom. The highest BCUT2D eigenvalue weighted by atomic mass is 32.2. The number of likely N-dealkylation sites (tertiary alicyclic amines) is 1. The summed E-state index contributed by atoms with van der Waals surface area (Å²) >= 11 is 4.31. The van der Waals surface area contributed by atoms with E-state index >= 15 is 0 Å². The van der Waals surface area contributed by atoms with Gasteiger partial charge in [-0.2, -0.15) is 11.8 Å². The molecule has 123 valence electrons. The average Bonchev–Trinajstić information content (AvgIpc) is 2.55. The standard InChI is InChI=1S/C17H33N2S2/c1-3-13-21-17(19-11-6-5-7-12-19)16-15(14-20-4-2)9-8-10-18-16/h15-17H,3-14H2,1-2H3. The summed E-state index contributed by atoms with van der Waals surface area (Å²) in [5.74, 6) is 4.68. The number of piperidine rings is 2. The van der Waals surface area contributed by atoms with Gasteiger partial charge in [0.1, 0.15) is 0 Å². The van der Waals surface area contributed by atoms with Gasteiger partial charge < -0.3 is 0 Å². The molecule has 3 unspecified atom stereocenters. The molecule has 2 saturated heterocycles. The smallest absolute Gasteiger partial charge is 0.0732 e. The normalized spacial score (nSPS) is 29.4. The molecule has 2 aliphatic heterocycles. The summed E-state index contributed by atoms with van der Waals surface area (Å²) in [6.45, 7) is 8.31. The van der Waals surface area contributed by atoms with Crippen molar-refractivity contribution in [3.8, 4) is 0 Å². The van der Waals surface area contributed by atoms with Crippen molar-refractivity contribution in [2.24, 2.45) is 5.92 Å². The predicted molar refractivity (Wildman–Crippen MR) is 98.5 cm³/mol. The minimum Gasteiger partial charge on any atom is -0.290 e. The fourth-order valence-electron chi connectivity index (χ4n) is 3.52. The van der Waals surface area contributed by atoms with Crippen LogP contribution >= 0.6 is 23.5 Å². The van der Waals surface area contributed by atoms with Crippen LogP contribution in [0.2, 0.25) is 0 Å². The molecule has 0 aromatic rings. The molecule has 2 nitrogen and oxygen atoms in total. The number of hydrogen-bond donors (Lipinski definition) is 0. The van der Waals surface area contributed by atoms with Crippen LogP contribution in [0.5, 0.6) is 0 Å². The Kier molecular flexibility index (Phi) is 8.90. The average molecular weight is 330 g/mol. The fourth-order valence-corrected chi connectivity index (χ4v) is 5.83. The Bertz CT molecular complexity index is 270. The summed E-state index contributed by atoms with van der Waals surface area (Å²) in [5.41, 5.74) is 0. The maximum Gasteiger partial charge on any atom is 0.0732 e. The van der Waals surface area contributed by atoms with E-state index in [2.05, 4.69) is 42.3 Å². The summed E-state index contributed by atoms with van der Waals surface area (Å²) in [6.07, 6.45) is 8.22. The van der Waals surface area contributed by atoms with Gasteiger partial charge in [-0.15, -0.1) is 11.8 Å². The van der Waals surface area contributed by atoms with Crippen LogP contribution < -0.4 is 5.32 Å². The van der Waals surface area contributed by atoms with E-state index in [-0.39, 0.29) is 0 Å². The van der Waals surface area contributed by atoms with Crippen LogP contribution in [0.25, 0.3) is 0 Å². The van der Waals surface area contributed by atoms with E-state index in [1.165, 1.54) is 68.9 Å². The SMILES string of the molecule is CCCSC(C1[N]CCCC1CSCC)N1CCCCC1. The van der Waals surface area contributed by atoms with Crippen molar-refractivity contribution in [3.05, 3.63) is 0 Å². The molecule has 3 atom stereocenters. The zero-order valence-corrected chi connectivity index (χ0v) is 15.6. The zero-order chi connectivity index (χ0) is 14.9. The van der Waals surface area contributed by atoms with Crippen molar-refractivity contribution in [3.63, 3.8) is 0 Å². The van der Waals surface area contributed by atoms with Gasteiger partial charge in [-0.1, -0.05) is 20.3 Å². The third kappa shape index (κ3) is 5.63. The predicted octanol–water partition coefficient (Wildman–Crippen LogP) is 4.08. The summed E-state index contributed by atoms with van der Waals surface area (Å²) in [6, 6.07) is 0.590. The van der Waals surface area contributed by atoms with Gasteiger partial charge in [-0.3, -0.25) is 4.90 Å². The first-order valence-electron chi connectivity index (χ1n) is 8.96. The molecule has 0 N–H and O–H groups in total. The molecular weight excluding hydrogens is 296 g/mol. The lowest BCUT2D eigenvalue weighted by molar-refractivity contribution is 0.147. The van der Waals surface area contributed by atoms with Crippen LogP contribution in [0, 0.1) is 5.92 Å². The van der Waals surface area contributed by atoms with Crippen LogP contribution in [0.1, 0.15) is 52.4 Å². The van der Waals surface area contributed by atoms with Crippen molar-refractivity contribution in [1.29, 1.82) is 0 Å². The van der Waals surface area contributed by atoms with Crippen LogP contribution in [0.3, 0.4) is 0 Å². The molecule has 21 heavy (non-hydrogen) atoms. The maximum atomic E-state index is 5.12. The van der Waals surface area contributed by atoms with Crippen LogP contribution in [-0.4, -0.2) is 53.2 Å². The van der Waals surface area contributed by atoms with Gasteiger partial charge in [0.15, 0.2) is 0 Å². The third-order valence-corrected chi connectivity index (χ3v) is 7.26. The zero-order valence-electron chi connectivity index (χ0n) is 13.9. The lowest BCUT2D eigenvalue weighted by Crippen LogP contribution is -2.53. The largest absolute Gasteiger partial charge is 0.290 e. The van der Waals surface area contributed by atoms with Gasteiger partial charge in [0.05, 0.1) is 11.4 Å². The van der Waals surface area contributed by atoms with E-state index in [1.807, 2.05) is 0 Å². The molecule has 2 rings (SSSR count). The minimum atomic E-state index is 0.590. The maximum absolute atomic E-state index is 5.12. The lowest BCUT2D eigenvalue weighted by Gasteiger charge is -2.43. The molecule has 0 aromatic heterocycles. The van der Waals surface area contributed by atoms with Crippen molar-refractivity contribution < 1.29 is 0 Å². The summed E-state index contributed by atoms with van der Waals surface area (Å²) in [4.78, 5) is 2.77. The monoisotopic (exact) mass is 329 g/mol. The molecular formula is C17H33N2S2. The van der Waals surface area contributed by atoms with E-state index in [4.69, 9.17) is 5.32 Å². The highest BCUT2D eigenvalue weighted by molar-refractivity contribution is 8.00. The highest BCUT2D eigenvalue weighted by Crippen LogP contribution is 2.33. The van der Waals surface area contributed by atoms with E-state index in [0.29, 0.717) is 11.4 Å². The van der Waals surface area contributed by atoms with Crippen LogP contribution in [-0.2, 0) is 0 Å². The molecule has 1 radical (unpaired) electrons. The van der Waals surface area contributed by atoms with Crippen molar-refractivity contribution in [2.75, 3.05) is 36.9 Å². The molecule has 2 fully saturated rings. The molecule has 0 aromatic carbocycles.